The van der Waals surface area contributed by atoms with Crippen LogP contribution in [0.3, 0.4) is 0 Å². The quantitative estimate of drug-likeness (QED) is 0.233. The summed E-state index contributed by atoms with van der Waals surface area (Å²) in [6.45, 7) is 4.04. The van der Waals surface area contributed by atoms with Crippen molar-refractivity contribution in [3.63, 3.8) is 0 Å². The van der Waals surface area contributed by atoms with Crippen molar-refractivity contribution in [2.24, 2.45) is 0 Å². The predicted molar refractivity (Wildman–Crippen MR) is 147 cm³/mol. The Morgan fingerprint density at radius 2 is 1.14 bits per heavy atom. The van der Waals surface area contributed by atoms with Crippen molar-refractivity contribution in [3.05, 3.63) is 143 Å². The molecule has 1 amide bonds. The fourth-order valence-electron chi connectivity index (χ4n) is 5.17. The second-order valence-electron chi connectivity index (χ2n) is 9.40. The van der Waals surface area contributed by atoms with Crippen molar-refractivity contribution in [1.82, 2.24) is 5.32 Å². The SMILES string of the molecule is COC(=O)[C@H](Cc1c(C)cccc1C)NC(=O)CC(c1ccccc1)(c1ccccc1)c1ccccc1. The minimum absolute atomic E-state index is 0.130. The van der Waals surface area contributed by atoms with Crippen molar-refractivity contribution in [3.8, 4) is 0 Å². The molecular formula is C33H33NO3. The lowest BCUT2D eigenvalue weighted by atomic mass is 9.67. The molecule has 0 aromatic heterocycles. The molecule has 0 fully saturated rings. The van der Waals surface area contributed by atoms with Crippen LogP contribution in [-0.2, 0) is 26.2 Å². The number of nitrogens with one attached hydrogen (secondary N) is 1. The Balaban J connectivity index is 1.75. The highest BCUT2D eigenvalue weighted by molar-refractivity contribution is 5.86. The predicted octanol–water partition coefficient (Wildman–Crippen LogP) is 5.93. The fourth-order valence-corrected chi connectivity index (χ4v) is 5.17. The molecule has 0 aliphatic rings. The summed E-state index contributed by atoms with van der Waals surface area (Å²) < 4.78 is 5.10. The maximum atomic E-state index is 13.9. The third kappa shape index (κ3) is 5.64. The summed E-state index contributed by atoms with van der Waals surface area (Å²) in [5, 5.41) is 3.02. The average molecular weight is 492 g/mol. The summed E-state index contributed by atoms with van der Waals surface area (Å²) in [6, 6.07) is 35.5. The van der Waals surface area contributed by atoms with E-state index in [1.165, 1.54) is 7.11 Å². The minimum atomic E-state index is -0.794. The summed E-state index contributed by atoms with van der Waals surface area (Å²) in [6.07, 6.45) is 0.497. The van der Waals surface area contributed by atoms with Crippen LogP contribution in [0.15, 0.2) is 109 Å². The van der Waals surface area contributed by atoms with Gasteiger partial charge in [-0.3, -0.25) is 4.79 Å². The lowest BCUT2D eigenvalue weighted by Crippen LogP contribution is -2.46. The Bertz CT molecular complexity index is 1220. The topological polar surface area (TPSA) is 55.4 Å². The zero-order chi connectivity index (χ0) is 26.3. The molecular weight excluding hydrogens is 458 g/mol. The molecule has 0 heterocycles. The van der Waals surface area contributed by atoms with Crippen LogP contribution in [0, 0.1) is 13.8 Å². The first kappa shape index (κ1) is 25.9. The molecule has 37 heavy (non-hydrogen) atoms. The van der Waals surface area contributed by atoms with E-state index in [1.807, 2.05) is 86.6 Å². The van der Waals surface area contributed by atoms with Gasteiger partial charge in [0.1, 0.15) is 6.04 Å². The van der Waals surface area contributed by atoms with E-state index in [2.05, 4.69) is 41.7 Å². The maximum absolute atomic E-state index is 13.9. The smallest absolute Gasteiger partial charge is 0.328 e. The Morgan fingerprint density at radius 3 is 1.54 bits per heavy atom. The lowest BCUT2D eigenvalue weighted by molar-refractivity contribution is -0.145. The van der Waals surface area contributed by atoms with Crippen LogP contribution in [0.5, 0.6) is 0 Å². The van der Waals surface area contributed by atoms with E-state index in [4.69, 9.17) is 4.74 Å². The monoisotopic (exact) mass is 491 g/mol. The van der Waals surface area contributed by atoms with E-state index in [0.717, 1.165) is 33.4 Å². The number of rotatable bonds is 9. The van der Waals surface area contributed by atoms with E-state index < -0.39 is 17.4 Å². The van der Waals surface area contributed by atoms with Gasteiger partial charge in [0.15, 0.2) is 0 Å². The number of carbonyl (C=O) groups excluding carboxylic acids is 2. The number of esters is 1. The number of ether oxygens (including phenoxy) is 1. The molecule has 188 valence electrons. The van der Waals surface area contributed by atoms with Gasteiger partial charge in [-0.2, -0.15) is 0 Å². The van der Waals surface area contributed by atoms with E-state index >= 15 is 0 Å². The van der Waals surface area contributed by atoms with E-state index in [-0.39, 0.29) is 12.3 Å². The van der Waals surface area contributed by atoms with Gasteiger partial charge >= 0.3 is 5.97 Å². The first-order valence-electron chi connectivity index (χ1n) is 12.5. The zero-order valence-electron chi connectivity index (χ0n) is 21.6. The molecule has 4 aromatic carbocycles. The van der Waals surface area contributed by atoms with E-state index in [9.17, 15) is 9.59 Å². The molecule has 0 unspecified atom stereocenters. The van der Waals surface area contributed by atoms with E-state index in [0.29, 0.717) is 6.42 Å². The largest absolute Gasteiger partial charge is 0.467 e. The molecule has 0 bridgehead atoms. The standard InChI is InChI=1S/C33H33NO3/c1-24-14-13-15-25(2)29(24)22-30(32(36)37-3)34-31(35)23-33(26-16-7-4-8-17-26,27-18-9-5-10-19-27)28-20-11-6-12-21-28/h4-21,30H,22-23H2,1-3H3,(H,34,35)/t30-/m0/s1. The first-order valence-corrected chi connectivity index (χ1v) is 12.5. The Kier molecular flexibility index (Phi) is 8.19. The summed E-state index contributed by atoms with van der Waals surface area (Å²) in [4.78, 5) is 26.7. The molecule has 0 spiro atoms. The number of amides is 1. The van der Waals surface area contributed by atoms with Crippen molar-refractivity contribution in [1.29, 1.82) is 0 Å². The first-order chi connectivity index (χ1) is 18.0. The third-order valence-electron chi connectivity index (χ3n) is 7.10. The summed E-state index contributed by atoms with van der Waals surface area (Å²) in [7, 11) is 1.36. The number of hydrogen-bond acceptors (Lipinski definition) is 3. The zero-order valence-corrected chi connectivity index (χ0v) is 21.6. The van der Waals surface area contributed by atoms with Gasteiger partial charge in [-0.1, -0.05) is 109 Å². The third-order valence-corrected chi connectivity index (χ3v) is 7.10. The normalized spacial score (nSPS) is 12.0. The van der Waals surface area contributed by atoms with Crippen molar-refractivity contribution in [2.45, 2.75) is 38.1 Å². The van der Waals surface area contributed by atoms with Crippen LogP contribution in [0.4, 0.5) is 0 Å². The Morgan fingerprint density at radius 1 is 0.703 bits per heavy atom. The molecule has 0 saturated carbocycles. The van der Waals surface area contributed by atoms with Gasteiger partial charge < -0.3 is 10.1 Å². The van der Waals surface area contributed by atoms with Crippen molar-refractivity contribution < 1.29 is 14.3 Å². The summed E-state index contributed by atoms with van der Waals surface area (Å²) in [5.74, 6) is -0.682. The molecule has 4 rings (SSSR count). The van der Waals surface area contributed by atoms with Gasteiger partial charge in [0.2, 0.25) is 5.91 Å². The van der Waals surface area contributed by atoms with Crippen LogP contribution < -0.4 is 5.32 Å². The second kappa shape index (κ2) is 11.7. The van der Waals surface area contributed by atoms with Crippen LogP contribution >= 0.6 is 0 Å². The van der Waals surface area contributed by atoms with Gasteiger partial charge in [-0.25, -0.2) is 4.79 Å². The van der Waals surface area contributed by atoms with Crippen LogP contribution in [0.1, 0.15) is 39.8 Å². The highest BCUT2D eigenvalue weighted by Crippen LogP contribution is 2.42. The van der Waals surface area contributed by atoms with Gasteiger partial charge in [0.25, 0.3) is 0 Å². The fraction of sp³-hybridized carbons (Fsp3) is 0.212. The molecule has 4 nitrogen and oxygen atoms in total. The molecule has 0 aliphatic heterocycles. The van der Waals surface area contributed by atoms with E-state index in [1.54, 1.807) is 0 Å². The number of carbonyl (C=O) groups is 2. The molecule has 1 N–H and O–H groups in total. The summed E-state index contributed by atoms with van der Waals surface area (Å²) >= 11 is 0. The van der Waals surface area contributed by atoms with Crippen LogP contribution in [-0.4, -0.2) is 25.0 Å². The molecule has 0 radical (unpaired) electrons. The minimum Gasteiger partial charge on any atom is -0.467 e. The van der Waals surface area contributed by atoms with Crippen LogP contribution in [0.25, 0.3) is 0 Å². The highest BCUT2D eigenvalue weighted by Gasteiger charge is 2.39. The number of methoxy groups -OCH3 is 1. The molecule has 0 aliphatic carbocycles. The Hall–Kier alpha value is -4.18. The second-order valence-corrected chi connectivity index (χ2v) is 9.40. The van der Waals surface area contributed by atoms with Crippen LogP contribution in [0.2, 0.25) is 0 Å². The molecule has 0 saturated heterocycles. The average Bonchev–Trinajstić information content (AvgIpc) is 2.94. The molecule has 1 atom stereocenters. The van der Waals surface area contributed by atoms with Gasteiger partial charge in [-0.15, -0.1) is 0 Å². The van der Waals surface area contributed by atoms with Crippen molar-refractivity contribution >= 4 is 11.9 Å². The van der Waals surface area contributed by atoms with Gasteiger partial charge in [0, 0.05) is 12.8 Å². The number of benzene rings is 4. The molecule has 4 aromatic rings. The lowest BCUT2D eigenvalue weighted by Gasteiger charge is -2.36. The van der Waals surface area contributed by atoms with Gasteiger partial charge in [-0.05, 0) is 47.2 Å². The Labute approximate surface area is 219 Å². The maximum Gasteiger partial charge on any atom is 0.328 e. The highest BCUT2D eigenvalue weighted by atomic mass is 16.5. The number of aryl methyl sites for hydroxylation is 2. The van der Waals surface area contributed by atoms with Crippen molar-refractivity contribution in [2.75, 3.05) is 7.11 Å². The molecule has 4 heteroatoms. The van der Waals surface area contributed by atoms with Gasteiger partial charge in [0.05, 0.1) is 12.5 Å². The summed E-state index contributed by atoms with van der Waals surface area (Å²) in [5.41, 5.74) is 5.47. The number of hydrogen-bond donors (Lipinski definition) is 1.